The molecule has 1 aromatic carbocycles. The molecule has 96 valence electrons. The van der Waals surface area contributed by atoms with Gasteiger partial charge in [-0.3, -0.25) is 4.79 Å². The van der Waals surface area contributed by atoms with Crippen LogP contribution in [0.5, 0.6) is 11.5 Å². The van der Waals surface area contributed by atoms with Gasteiger partial charge in [0, 0.05) is 11.1 Å². The van der Waals surface area contributed by atoms with E-state index in [2.05, 4.69) is 0 Å². The zero-order valence-corrected chi connectivity index (χ0v) is 10.3. The van der Waals surface area contributed by atoms with Gasteiger partial charge in [-0.25, -0.2) is 0 Å². The fourth-order valence-corrected chi connectivity index (χ4v) is 2.92. The van der Waals surface area contributed by atoms with E-state index in [1.165, 1.54) is 0 Å². The predicted molar refractivity (Wildman–Crippen MR) is 67.2 cm³/mol. The summed E-state index contributed by atoms with van der Waals surface area (Å²) >= 11 is 0. The molecular weight excluding hydrogens is 230 g/mol. The van der Waals surface area contributed by atoms with Gasteiger partial charge in [-0.15, -0.1) is 0 Å². The second kappa shape index (κ2) is 4.28. The molecule has 0 amide bonds. The number of rotatable bonds is 2. The summed E-state index contributed by atoms with van der Waals surface area (Å²) in [7, 11) is 0. The van der Waals surface area contributed by atoms with Crippen LogP contribution < -0.4 is 15.2 Å². The summed E-state index contributed by atoms with van der Waals surface area (Å²) in [6.07, 6.45) is 5.00. The van der Waals surface area contributed by atoms with Gasteiger partial charge in [-0.1, -0.05) is 18.9 Å². The molecule has 1 heterocycles. The molecule has 0 spiro atoms. The van der Waals surface area contributed by atoms with Gasteiger partial charge in [0.05, 0.1) is 5.56 Å². The topological polar surface area (TPSA) is 61.6 Å². The van der Waals surface area contributed by atoms with Crippen molar-refractivity contribution in [2.75, 3.05) is 13.2 Å². The lowest BCUT2D eigenvalue weighted by atomic mass is 9.87. The van der Waals surface area contributed by atoms with Crippen LogP contribution in [0.15, 0.2) is 12.1 Å². The van der Waals surface area contributed by atoms with Crippen LogP contribution in [0.4, 0.5) is 0 Å². The highest BCUT2D eigenvalue weighted by molar-refractivity contribution is 5.82. The normalized spacial score (nSPS) is 20.7. The Balaban J connectivity index is 2.13. The van der Waals surface area contributed by atoms with Crippen molar-refractivity contribution in [1.82, 2.24) is 0 Å². The minimum Gasteiger partial charge on any atom is -0.486 e. The largest absolute Gasteiger partial charge is 0.486 e. The number of hydrogen-bond donors (Lipinski definition) is 1. The van der Waals surface area contributed by atoms with E-state index in [0.29, 0.717) is 30.3 Å². The Labute approximate surface area is 106 Å². The lowest BCUT2D eigenvalue weighted by Gasteiger charge is -2.30. The number of benzene rings is 1. The first-order chi connectivity index (χ1) is 8.74. The van der Waals surface area contributed by atoms with Crippen molar-refractivity contribution in [2.45, 2.75) is 31.2 Å². The summed E-state index contributed by atoms with van der Waals surface area (Å²) in [6.45, 7) is 0.993. The number of aldehydes is 1. The van der Waals surface area contributed by atoms with Gasteiger partial charge in [-0.05, 0) is 18.9 Å². The second-order valence-corrected chi connectivity index (χ2v) is 5.04. The minimum absolute atomic E-state index is 0.327. The van der Waals surface area contributed by atoms with Gasteiger partial charge in [0.15, 0.2) is 17.8 Å². The summed E-state index contributed by atoms with van der Waals surface area (Å²) in [4.78, 5) is 11.0. The monoisotopic (exact) mass is 247 g/mol. The maximum absolute atomic E-state index is 11.0. The van der Waals surface area contributed by atoms with Crippen LogP contribution in [0.1, 0.15) is 41.6 Å². The zero-order valence-electron chi connectivity index (χ0n) is 10.3. The summed E-state index contributed by atoms with van der Waals surface area (Å²) in [5.74, 6) is 1.24. The highest BCUT2D eigenvalue weighted by Crippen LogP contribution is 2.46. The maximum Gasteiger partial charge on any atom is 0.172 e. The Morgan fingerprint density at radius 3 is 2.44 bits per heavy atom. The van der Waals surface area contributed by atoms with Crippen molar-refractivity contribution in [3.63, 3.8) is 0 Å². The molecule has 0 bridgehead atoms. The summed E-state index contributed by atoms with van der Waals surface area (Å²) in [5, 5.41) is 0. The molecule has 0 aromatic heterocycles. The van der Waals surface area contributed by atoms with Crippen LogP contribution in [-0.4, -0.2) is 19.5 Å². The molecule has 18 heavy (non-hydrogen) atoms. The molecule has 2 aliphatic rings. The SMILES string of the molecule is NC1(c2ccc(C=O)c3c2OCCO3)CCCC1. The fourth-order valence-electron chi connectivity index (χ4n) is 2.92. The van der Waals surface area contributed by atoms with E-state index in [9.17, 15) is 4.79 Å². The molecule has 1 aliphatic heterocycles. The van der Waals surface area contributed by atoms with Gasteiger partial charge in [0.25, 0.3) is 0 Å². The molecule has 0 saturated heterocycles. The molecule has 0 atom stereocenters. The highest BCUT2D eigenvalue weighted by atomic mass is 16.6. The Kier molecular flexibility index (Phi) is 2.74. The van der Waals surface area contributed by atoms with E-state index in [-0.39, 0.29) is 5.54 Å². The van der Waals surface area contributed by atoms with Crippen molar-refractivity contribution in [2.24, 2.45) is 5.73 Å². The number of carbonyl (C=O) groups excluding carboxylic acids is 1. The van der Waals surface area contributed by atoms with Gasteiger partial charge in [-0.2, -0.15) is 0 Å². The van der Waals surface area contributed by atoms with E-state index in [4.69, 9.17) is 15.2 Å². The predicted octanol–water partition coefficient (Wildman–Crippen LogP) is 2.00. The summed E-state index contributed by atoms with van der Waals surface area (Å²) < 4.78 is 11.3. The summed E-state index contributed by atoms with van der Waals surface area (Å²) in [5.41, 5.74) is 7.67. The third-order valence-electron chi connectivity index (χ3n) is 3.88. The van der Waals surface area contributed by atoms with Crippen molar-refractivity contribution >= 4 is 6.29 Å². The van der Waals surface area contributed by atoms with Crippen molar-refractivity contribution in [1.29, 1.82) is 0 Å². The minimum atomic E-state index is -0.327. The molecule has 1 aliphatic carbocycles. The van der Waals surface area contributed by atoms with Gasteiger partial charge < -0.3 is 15.2 Å². The molecule has 4 nitrogen and oxygen atoms in total. The van der Waals surface area contributed by atoms with E-state index >= 15 is 0 Å². The van der Waals surface area contributed by atoms with Gasteiger partial charge in [0.2, 0.25) is 0 Å². The molecule has 0 unspecified atom stereocenters. The van der Waals surface area contributed by atoms with E-state index < -0.39 is 0 Å². The average Bonchev–Trinajstić information content (AvgIpc) is 2.85. The standard InChI is InChI=1S/C14H17NO3/c15-14(5-1-2-6-14)11-4-3-10(9-16)12-13(11)18-8-7-17-12/h3-4,9H,1-2,5-8,15H2. The number of carbonyl (C=O) groups is 1. The second-order valence-electron chi connectivity index (χ2n) is 5.04. The summed E-state index contributed by atoms with van der Waals surface area (Å²) in [6, 6.07) is 3.70. The molecule has 2 N–H and O–H groups in total. The van der Waals surface area contributed by atoms with E-state index in [0.717, 1.165) is 37.5 Å². The first-order valence-electron chi connectivity index (χ1n) is 6.42. The highest BCUT2D eigenvalue weighted by Gasteiger charge is 2.36. The molecule has 4 heteroatoms. The number of ether oxygens (including phenoxy) is 2. The van der Waals surface area contributed by atoms with Crippen LogP contribution >= 0.6 is 0 Å². The quantitative estimate of drug-likeness (QED) is 0.812. The third kappa shape index (κ3) is 1.68. The van der Waals surface area contributed by atoms with Crippen LogP contribution in [-0.2, 0) is 5.54 Å². The molecule has 1 fully saturated rings. The number of hydrogen-bond acceptors (Lipinski definition) is 4. The first kappa shape index (κ1) is 11.5. The van der Waals surface area contributed by atoms with Crippen LogP contribution in [0, 0.1) is 0 Å². The Morgan fingerprint density at radius 2 is 1.78 bits per heavy atom. The lowest BCUT2D eigenvalue weighted by molar-refractivity contribution is 0.111. The van der Waals surface area contributed by atoms with Gasteiger partial charge in [0.1, 0.15) is 13.2 Å². The molecule has 1 saturated carbocycles. The number of nitrogens with two attached hydrogens (primary N) is 1. The molecular formula is C14H17NO3. The first-order valence-corrected chi connectivity index (χ1v) is 6.42. The van der Waals surface area contributed by atoms with E-state index in [1.54, 1.807) is 6.07 Å². The van der Waals surface area contributed by atoms with Crippen LogP contribution in [0.3, 0.4) is 0 Å². The molecule has 3 rings (SSSR count). The fraction of sp³-hybridized carbons (Fsp3) is 0.500. The molecule has 1 aromatic rings. The third-order valence-corrected chi connectivity index (χ3v) is 3.88. The van der Waals surface area contributed by atoms with Crippen molar-refractivity contribution in [3.05, 3.63) is 23.3 Å². The zero-order chi connectivity index (χ0) is 12.6. The number of fused-ring (bicyclic) bond motifs is 1. The van der Waals surface area contributed by atoms with Crippen molar-refractivity contribution < 1.29 is 14.3 Å². The lowest BCUT2D eigenvalue weighted by Crippen LogP contribution is -2.34. The maximum atomic E-state index is 11.0. The Morgan fingerprint density at radius 1 is 1.11 bits per heavy atom. The average molecular weight is 247 g/mol. The molecule has 0 radical (unpaired) electrons. The Hall–Kier alpha value is -1.55. The Bertz CT molecular complexity index is 478. The van der Waals surface area contributed by atoms with Gasteiger partial charge >= 0.3 is 0 Å². The van der Waals surface area contributed by atoms with E-state index in [1.807, 2.05) is 6.07 Å². The smallest absolute Gasteiger partial charge is 0.172 e. The van der Waals surface area contributed by atoms with Crippen LogP contribution in [0.2, 0.25) is 0 Å². The van der Waals surface area contributed by atoms with Crippen LogP contribution in [0.25, 0.3) is 0 Å². The van der Waals surface area contributed by atoms with Crippen molar-refractivity contribution in [3.8, 4) is 11.5 Å².